The Balaban J connectivity index is 3.27. The summed E-state index contributed by atoms with van der Waals surface area (Å²) in [7, 11) is 0. The van der Waals surface area contributed by atoms with Gasteiger partial charge in [0, 0.05) is 5.56 Å². The van der Waals surface area contributed by atoms with Crippen LogP contribution in [0, 0.1) is 5.82 Å². The summed E-state index contributed by atoms with van der Waals surface area (Å²) < 4.78 is 12.6. The van der Waals surface area contributed by atoms with Crippen molar-refractivity contribution >= 4 is 36.6 Å². The molecule has 4 heteroatoms. The fourth-order valence-corrected chi connectivity index (χ4v) is 1.70. The molecule has 0 saturated carbocycles. The summed E-state index contributed by atoms with van der Waals surface area (Å²) in [5.41, 5.74) is 0.296. The van der Waals surface area contributed by atoms with E-state index in [1.54, 1.807) is 0 Å². The van der Waals surface area contributed by atoms with Gasteiger partial charge < -0.3 is 0 Å². The van der Waals surface area contributed by atoms with Gasteiger partial charge in [-0.1, -0.05) is 6.07 Å². The maximum atomic E-state index is 12.7. The topological polar surface area (TPSA) is 17.1 Å². The molecule has 0 amide bonds. The van der Waals surface area contributed by atoms with E-state index in [4.69, 9.17) is 0 Å². The van der Waals surface area contributed by atoms with Crippen molar-refractivity contribution < 1.29 is 9.18 Å². The molecule has 0 saturated heterocycles. The molecule has 1 rings (SSSR count). The van der Waals surface area contributed by atoms with E-state index < -0.39 is 5.82 Å². The third-order valence-corrected chi connectivity index (χ3v) is 2.40. The predicted octanol–water partition coefficient (Wildman–Crippen LogP) is 3.12. The Morgan fingerprint density at radius 1 is 1.45 bits per heavy atom. The van der Waals surface area contributed by atoms with Crippen molar-refractivity contribution in [3.05, 3.63) is 34.1 Å². The first-order valence-electron chi connectivity index (χ1n) is 2.77. The summed E-state index contributed by atoms with van der Waals surface area (Å²) in [5, 5.41) is 0. The van der Waals surface area contributed by atoms with Crippen molar-refractivity contribution in [2.45, 2.75) is 0 Å². The largest absolute Gasteiger partial charge is 0.281 e. The van der Waals surface area contributed by atoms with E-state index in [-0.39, 0.29) is 9.17 Å². The van der Waals surface area contributed by atoms with E-state index in [1.165, 1.54) is 18.2 Å². The molecule has 0 unspecified atom stereocenters. The van der Waals surface area contributed by atoms with Gasteiger partial charge in [-0.25, -0.2) is 4.39 Å². The summed E-state index contributed by atoms with van der Waals surface area (Å²) in [5.74, 6) is -0.435. The van der Waals surface area contributed by atoms with E-state index in [0.717, 1.165) is 0 Å². The Labute approximate surface area is 79.9 Å². The minimum Gasteiger partial charge on any atom is -0.281 e. The van der Waals surface area contributed by atoms with Crippen LogP contribution in [0.1, 0.15) is 10.4 Å². The number of halogens is 3. The van der Waals surface area contributed by atoms with Crippen molar-refractivity contribution in [1.29, 1.82) is 0 Å². The molecule has 0 aromatic heterocycles. The molecule has 0 aliphatic rings. The van der Waals surface area contributed by atoms with Crippen LogP contribution in [0.3, 0.4) is 0 Å². The smallest absolute Gasteiger partial charge is 0.229 e. The fraction of sp³-hybridized carbons (Fsp3) is 0. The second-order valence-corrected chi connectivity index (χ2v) is 3.39. The van der Waals surface area contributed by atoms with Crippen molar-refractivity contribution in [1.82, 2.24) is 0 Å². The average Bonchev–Trinajstić information content (AvgIpc) is 1.94. The normalized spacial score (nSPS) is 9.73. The standard InChI is InChI=1S/C7H3Br2FO/c8-6-4(7(9)11)2-1-3-5(6)10/h1-3H. The molecule has 0 atom stereocenters. The van der Waals surface area contributed by atoms with Gasteiger partial charge in [-0.05, 0) is 44.0 Å². The van der Waals surface area contributed by atoms with Crippen LogP contribution in [0.2, 0.25) is 0 Å². The Hall–Kier alpha value is -0.220. The summed E-state index contributed by atoms with van der Waals surface area (Å²) >= 11 is 5.69. The molecule has 11 heavy (non-hydrogen) atoms. The van der Waals surface area contributed by atoms with Gasteiger partial charge in [0.15, 0.2) is 0 Å². The molecule has 0 radical (unpaired) electrons. The molecule has 1 nitrogen and oxygen atoms in total. The van der Waals surface area contributed by atoms with Crippen LogP contribution in [0.25, 0.3) is 0 Å². The molecule has 0 aliphatic heterocycles. The molecule has 0 spiro atoms. The van der Waals surface area contributed by atoms with Gasteiger partial charge in [-0.3, -0.25) is 4.79 Å². The van der Waals surface area contributed by atoms with Crippen molar-refractivity contribution in [2.75, 3.05) is 0 Å². The molecule has 58 valence electrons. The zero-order chi connectivity index (χ0) is 8.43. The molecular weight excluding hydrogens is 279 g/mol. The van der Waals surface area contributed by atoms with Crippen LogP contribution in [-0.2, 0) is 0 Å². The molecule has 1 aromatic rings. The maximum Gasteiger partial charge on any atom is 0.229 e. The lowest BCUT2D eigenvalue weighted by Crippen LogP contribution is -1.91. The van der Waals surface area contributed by atoms with Crippen LogP contribution in [0.4, 0.5) is 4.39 Å². The highest BCUT2D eigenvalue weighted by Gasteiger charge is 2.09. The first kappa shape index (κ1) is 8.87. The van der Waals surface area contributed by atoms with Gasteiger partial charge in [0.25, 0.3) is 0 Å². The lowest BCUT2D eigenvalue weighted by molar-refractivity contribution is 0.109. The van der Waals surface area contributed by atoms with Crippen LogP contribution in [0.15, 0.2) is 22.7 Å². The van der Waals surface area contributed by atoms with Crippen molar-refractivity contribution in [3.63, 3.8) is 0 Å². The minimum atomic E-state index is -0.435. The third-order valence-electron chi connectivity index (χ3n) is 1.16. The van der Waals surface area contributed by atoms with Gasteiger partial charge in [0.2, 0.25) is 4.69 Å². The Kier molecular flexibility index (Phi) is 2.78. The lowest BCUT2D eigenvalue weighted by atomic mass is 10.2. The molecular formula is C7H3Br2FO. The second-order valence-electron chi connectivity index (χ2n) is 1.88. The predicted molar refractivity (Wildman–Crippen MR) is 47.4 cm³/mol. The molecule has 0 N–H and O–H groups in total. The number of hydrogen-bond donors (Lipinski definition) is 0. The van der Waals surface area contributed by atoms with Gasteiger partial charge in [0.1, 0.15) is 5.82 Å². The molecule has 0 bridgehead atoms. The minimum absolute atomic E-state index is 0.196. The van der Waals surface area contributed by atoms with Crippen molar-refractivity contribution in [2.24, 2.45) is 0 Å². The number of carbonyl (C=O) groups excluding carboxylic acids is 1. The highest BCUT2D eigenvalue weighted by molar-refractivity contribution is 9.18. The van der Waals surface area contributed by atoms with Gasteiger partial charge in [-0.2, -0.15) is 0 Å². The van der Waals surface area contributed by atoms with Crippen LogP contribution >= 0.6 is 31.9 Å². The highest BCUT2D eigenvalue weighted by Crippen LogP contribution is 2.22. The first-order valence-corrected chi connectivity index (χ1v) is 4.35. The van der Waals surface area contributed by atoms with Gasteiger partial charge in [-0.15, -0.1) is 0 Å². The molecule has 1 aromatic carbocycles. The lowest BCUT2D eigenvalue weighted by Gasteiger charge is -1.97. The number of rotatable bonds is 1. The van der Waals surface area contributed by atoms with E-state index >= 15 is 0 Å². The van der Waals surface area contributed by atoms with E-state index in [9.17, 15) is 9.18 Å². The Morgan fingerprint density at radius 3 is 2.55 bits per heavy atom. The van der Waals surface area contributed by atoms with E-state index in [2.05, 4.69) is 31.9 Å². The van der Waals surface area contributed by atoms with E-state index in [0.29, 0.717) is 5.56 Å². The first-order chi connectivity index (χ1) is 5.13. The molecule has 0 fully saturated rings. The monoisotopic (exact) mass is 280 g/mol. The quantitative estimate of drug-likeness (QED) is 0.723. The third kappa shape index (κ3) is 1.87. The fourth-order valence-electron chi connectivity index (χ4n) is 0.656. The number of hydrogen-bond acceptors (Lipinski definition) is 1. The second kappa shape index (κ2) is 3.45. The van der Waals surface area contributed by atoms with Crippen LogP contribution in [0.5, 0.6) is 0 Å². The maximum absolute atomic E-state index is 12.7. The molecule has 0 aliphatic carbocycles. The summed E-state index contributed by atoms with van der Waals surface area (Å²) in [6, 6.07) is 4.29. The SMILES string of the molecule is O=C(Br)c1cccc(F)c1Br. The van der Waals surface area contributed by atoms with Gasteiger partial charge >= 0.3 is 0 Å². The van der Waals surface area contributed by atoms with Crippen LogP contribution in [-0.4, -0.2) is 4.69 Å². The van der Waals surface area contributed by atoms with Crippen LogP contribution < -0.4 is 0 Å². The average molecular weight is 282 g/mol. The van der Waals surface area contributed by atoms with Gasteiger partial charge in [0.05, 0.1) is 4.47 Å². The number of benzene rings is 1. The number of carbonyl (C=O) groups is 1. The zero-order valence-electron chi connectivity index (χ0n) is 5.27. The molecule has 0 heterocycles. The summed E-state index contributed by atoms with van der Waals surface area (Å²) in [6.07, 6.45) is 0. The zero-order valence-corrected chi connectivity index (χ0v) is 8.45. The van der Waals surface area contributed by atoms with Crippen molar-refractivity contribution in [3.8, 4) is 0 Å². The summed E-state index contributed by atoms with van der Waals surface area (Å²) in [4.78, 5) is 10.7. The van der Waals surface area contributed by atoms with E-state index in [1.807, 2.05) is 0 Å². The highest BCUT2D eigenvalue weighted by atomic mass is 79.9. The Bertz CT molecular complexity index is 298. The Morgan fingerprint density at radius 2 is 2.09 bits per heavy atom. The summed E-state index contributed by atoms with van der Waals surface area (Å²) in [6.45, 7) is 0.